The van der Waals surface area contributed by atoms with Crippen LogP contribution >= 0.6 is 0 Å². The van der Waals surface area contributed by atoms with E-state index in [1.807, 2.05) is 0 Å². The van der Waals surface area contributed by atoms with Crippen molar-refractivity contribution in [1.29, 1.82) is 0 Å². The van der Waals surface area contributed by atoms with Crippen LogP contribution < -0.4 is 5.32 Å². The minimum atomic E-state index is -1.31. The molecule has 1 aromatic carbocycles. The zero-order valence-corrected chi connectivity index (χ0v) is 11.4. The van der Waals surface area contributed by atoms with Crippen LogP contribution in [0.1, 0.15) is 24.5 Å². The lowest BCUT2D eigenvalue weighted by Gasteiger charge is -2.18. The van der Waals surface area contributed by atoms with E-state index in [9.17, 15) is 14.7 Å². The molecule has 1 rings (SSSR count). The molecule has 20 heavy (non-hydrogen) atoms. The maximum atomic E-state index is 11.9. The van der Waals surface area contributed by atoms with Crippen molar-refractivity contribution < 1.29 is 19.4 Å². The van der Waals surface area contributed by atoms with Gasteiger partial charge in [0.25, 0.3) is 5.91 Å². The Kier molecular flexibility index (Phi) is 6.46. The molecule has 2 atom stereocenters. The van der Waals surface area contributed by atoms with Crippen LogP contribution in [0.3, 0.4) is 0 Å². The van der Waals surface area contributed by atoms with Crippen molar-refractivity contribution in [2.24, 2.45) is 0 Å². The van der Waals surface area contributed by atoms with Crippen LogP contribution in [0.5, 0.6) is 0 Å². The van der Waals surface area contributed by atoms with E-state index in [0.717, 1.165) is 0 Å². The topological polar surface area (TPSA) is 75.6 Å². The van der Waals surface area contributed by atoms with E-state index in [1.54, 1.807) is 36.4 Å². The molecule has 0 aromatic heterocycles. The van der Waals surface area contributed by atoms with Crippen LogP contribution in [-0.4, -0.2) is 30.1 Å². The summed E-state index contributed by atoms with van der Waals surface area (Å²) < 4.78 is 4.63. The lowest BCUT2D eigenvalue weighted by Crippen LogP contribution is -2.43. The van der Waals surface area contributed by atoms with Crippen molar-refractivity contribution in [3.05, 3.63) is 48.6 Å². The van der Waals surface area contributed by atoms with Gasteiger partial charge in [-0.15, -0.1) is 6.58 Å². The van der Waals surface area contributed by atoms with Gasteiger partial charge in [0, 0.05) is 0 Å². The Morgan fingerprint density at radius 2 is 2.05 bits per heavy atom. The number of allylic oxidation sites excluding steroid dienone is 1. The fourth-order valence-corrected chi connectivity index (χ4v) is 1.71. The molecule has 2 N–H and O–H groups in total. The third-order valence-corrected chi connectivity index (χ3v) is 2.83. The predicted octanol–water partition coefficient (Wildman–Crippen LogP) is 1.34. The summed E-state index contributed by atoms with van der Waals surface area (Å²) in [6, 6.07) is 7.73. The van der Waals surface area contributed by atoms with E-state index >= 15 is 0 Å². The molecule has 0 bridgehead atoms. The lowest BCUT2D eigenvalue weighted by molar-refractivity contribution is -0.146. The molecule has 5 heteroatoms. The van der Waals surface area contributed by atoms with Crippen molar-refractivity contribution in [2.45, 2.75) is 25.0 Å². The van der Waals surface area contributed by atoms with Crippen LogP contribution in [0, 0.1) is 0 Å². The third-order valence-electron chi connectivity index (χ3n) is 2.83. The van der Waals surface area contributed by atoms with E-state index in [-0.39, 0.29) is 0 Å². The third kappa shape index (κ3) is 4.51. The quantitative estimate of drug-likeness (QED) is 0.582. The predicted molar refractivity (Wildman–Crippen MR) is 74.8 cm³/mol. The lowest BCUT2D eigenvalue weighted by atomic mass is 10.1. The first-order chi connectivity index (χ1) is 9.60. The Balaban J connectivity index is 2.70. The zero-order valence-electron chi connectivity index (χ0n) is 11.4. The number of carbonyl (C=O) groups is 2. The van der Waals surface area contributed by atoms with Crippen molar-refractivity contribution in [2.75, 3.05) is 7.11 Å². The highest BCUT2D eigenvalue weighted by Crippen LogP contribution is 2.13. The summed E-state index contributed by atoms with van der Waals surface area (Å²) >= 11 is 0. The minimum absolute atomic E-state index is 0.378. The number of amides is 1. The summed E-state index contributed by atoms with van der Waals surface area (Å²) in [6.45, 7) is 3.57. The maximum absolute atomic E-state index is 11.9. The highest BCUT2D eigenvalue weighted by atomic mass is 16.5. The molecule has 0 saturated carbocycles. The number of carbonyl (C=O) groups excluding carboxylic acids is 2. The van der Waals surface area contributed by atoms with E-state index in [1.165, 1.54) is 7.11 Å². The second kappa shape index (κ2) is 8.12. The number of methoxy groups -OCH3 is 1. The molecule has 0 aliphatic heterocycles. The van der Waals surface area contributed by atoms with Gasteiger partial charge in [-0.3, -0.25) is 4.79 Å². The van der Waals surface area contributed by atoms with Crippen LogP contribution in [0.2, 0.25) is 0 Å². The van der Waals surface area contributed by atoms with Crippen LogP contribution in [0.15, 0.2) is 43.0 Å². The Hall–Kier alpha value is -2.14. The molecule has 0 fully saturated rings. The highest BCUT2D eigenvalue weighted by Gasteiger charge is 2.25. The van der Waals surface area contributed by atoms with Gasteiger partial charge in [-0.1, -0.05) is 36.4 Å². The molecule has 0 unspecified atom stereocenters. The zero-order chi connectivity index (χ0) is 15.0. The average molecular weight is 277 g/mol. The molecular formula is C15H19NO4. The van der Waals surface area contributed by atoms with Crippen LogP contribution in [0.4, 0.5) is 0 Å². The molecule has 5 nitrogen and oxygen atoms in total. The molecule has 108 valence electrons. The number of aliphatic hydroxyl groups is 1. The van der Waals surface area contributed by atoms with Gasteiger partial charge in [-0.2, -0.15) is 0 Å². The van der Waals surface area contributed by atoms with Crippen molar-refractivity contribution in [1.82, 2.24) is 5.32 Å². The number of nitrogens with one attached hydrogen (secondary N) is 1. The monoisotopic (exact) mass is 277 g/mol. The number of esters is 1. The minimum Gasteiger partial charge on any atom is -0.467 e. The number of ether oxygens (including phenoxy) is 1. The summed E-state index contributed by atoms with van der Waals surface area (Å²) in [6.07, 6.45) is 1.27. The fraction of sp³-hybridized carbons (Fsp3) is 0.333. The highest BCUT2D eigenvalue weighted by molar-refractivity contribution is 5.87. The number of hydrogen-bond donors (Lipinski definition) is 2. The normalized spacial score (nSPS) is 13.1. The Morgan fingerprint density at radius 1 is 1.40 bits per heavy atom. The van der Waals surface area contributed by atoms with Crippen LogP contribution in [-0.2, 0) is 14.3 Å². The second-order valence-corrected chi connectivity index (χ2v) is 4.26. The molecule has 0 aliphatic carbocycles. The number of benzene rings is 1. The van der Waals surface area contributed by atoms with Gasteiger partial charge in [0.2, 0.25) is 0 Å². The Morgan fingerprint density at radius 3 is 2.60 bits per heavy atom. The van der Waals surface area contributed by atoms with Gasteiger partial charge in [-0.25, -0.2) is 4.79 Å². The van der Waals surface area contributed by atoms with Crippen molar-refractivity contribution in [3.63, 3.8) is 0 Å². The summed E-state index contributed by atoms with van der Waals surface area (Å²) in [5.74, 6) is -1.17. The smallest absolute Gasteiger partial charge is 0.328 e. The van der Waals surface area contributed by atoms with Gasteiger partial charge in [0.15, 0.2) is 6.10 Å². The molecular weight excluding hydrogens is 258 g/mol. The first kappa shape index (κ1) is 15.9. The van der Waals surface area contributed by atoms with E-state index in [0.29, 0.717) is 18.4 Å². The van der Waals surface area contributed by atoms with E-state index in [4.69, 9.17) is 0 Å². The Labute approximate surface area is 118 Å². The van der Waals surface area contributed by atoms with Gasteiger partial charge in [-0.05, 0) is 18.4 Å². The van der Waals surface area contributed by atoms with Gasteiger partial charge in [0.1, 0.15) is 6.04 Å². The summed E-state index contributed by atoms with van der Waals surface area (Å²) in [7, 11) is 1.25. The largest absolute Gasteiger partial charge is 0.467 e. The van der Waals surface area contributed by atoms with E-state index < -0.39 is 24.0 Å². The fourth-order valence-electron chi connectivity index (χ4n) is 1.71. The molecule has 0 saturated heterocycles. The molecule has 0 radical (unpaired) electrons. The number of aliphatic hydroxyl groups excluding tert-OH is 1. The average Bonchev–Trinajstić information content (AvgIpc) is 2.50. The van der Waals surface area contributed by atoms with Crippen molar-refractivity contribution >= 4 is 11.9 Å². The van der Waals surface area contributed by atoms with Gasteiger partial charge < -0.3 is 15.2 Å². The summed E-state index contributed by atoms with van der Waals surface area (Å²) in [5, 5.41) is 12.4. The summed E-state index contributed by atoms with van der Waals surface area (Å²) in [4.78, 5) is 23.5. The van der Waals surface area contributed by atoms with Crippen molar-refractivity contribution in [3.8, 4) is 0 Å². The molecule has 0 spiro atoms. The number of hydrogen-bond acceptors (Lipinski definition) is 4. The molecule has 1 aromatic rings. The van der Waals surface area contributed by atoms with Crippen LogP contribution in [0.25, 0.3) is 0 Å². The van der Waals surface area contributed by atoms with Gasteiger partial charge >= 0.3 is 5.97 Å². The van der Waals surface area contributed by atoms with E-state index in [2.05, 4.69) is 16.6 Å². The first-order valence-corrected chi connectivity index (χ1v) is 6.32. The maximum Gasteiger partial charge on any atom is 0.328 e. The SMILES string of the molecule is C=CCC[C@H](NC(=O)[C@@H](O)c1ccccc1)C(=O)OC. The molecule has 1 amide bonds. The molecule has 0 aliphatic rings. The molecule has 0 heterocycles. The number of rotatable bonds is 7. The standard InChI is InChI=1S/C15H19NO4/c1-3-4-10-12(15(19)20-2)16-14(18)13(17)11-8-6-5-7-9-11/h3,5-9,12-13,17H,1,4,10H2,2H3,(H,16,18)/t12-,13-/m0/s1. The second-order valence-electron chi connectivity index (χ2n) is 4.26. The summed E-state index contributed by atoms with van der Waals surface area (Å²) in [5.41, 5.74) is 0.470. The van der Waals surface area contributed by atoms with Gasteiger partial charge in [0.05, 0.1) is 7.11 Å². The Bertz CT molecular complexity index is 458. The first-order valence-electron chi connectivity index (χ1n) is 6.32.